The number of rotatable bonds is 1. The first-order chi connectivity index (χ1) is 9.06. The minimum absolute atomic E-state index is 0.410. The molecular formula is C13H8Br2ClN3. The molecule has 96 valence electrons. The van der Waals surface area contributed by atoms with Crippen molar-refractivity contribution in [3.05, 3.63) is 50.4 Å². The van der Waals surface area contributed by atoms with Crippen molar-refractivity contribution >= 4 is 60.4 Å². The molecule has 0 aliphatic rings. The Morgan fingerprint density at radius 1 is 1.05 bits per heavy atom. The summed E-state index contributed by atoms with van der Waals surface area (Å²) in [5, 5.41) is 0.622. The van der Waals surface area contributed by atoms with Crippen molar-refractivity contribution in [1.29, 1.82) is 0 Å². The van der Waals surface area contributed by atoms with Gasteiger partial charge in [0.2, 0.25) is 5.95 Å². The summed E-state index contributed by atoms with van der Waals surface area (Å²) in [6.45, 7) is 0. The predicted octanol–water partition coefficient (Wildman–Crippen LogP) is 4.79. The molecule has 3 rings (SSSR count). The SMILES string of the molecule is Nc1nc2cc(Br)ccc2n1-c1cc(Br)ccc1Cl. The largest absolute Gasteiger partial charge is 0.369 e. The standard InChI is InChI=1S/C13H8Br2ClN3/c14-7-2-4-11-10(5-7)18-13(17)19(11)12-6-8(15)1-3-9(12)16/h1-6H,(H2,17,18). The smallest absolute Gasteiger partial charge is 0.205 e. The summed E-state index contributed by atoms with van der Waals surface area (Å²) < 4.78 is 3.74. The van der Waals surface area contributed by atoms with Gasteiger partial charge >= 0.3 is 0 Å². The van der Waals surface area contributed by atoms with E-state index in [1.54, 1.807) is 0 Å². The first-order valence-corrected chi connectivity index (χ1v) is 7.41. The van der Waals surface area contributed by atoms with Gasteiger partial charge in [-0.1, -0.05) is 43.5 Å². The van der Waals surface area contributed by atoms with Crippen molar-refractivity contribution in [3.8, 4) is 5.69 Å². The average Bonchev–Trinajstić information content (AvgIpc) is 2.67. The van der Waals surface area contributed by atoms with Gasteiger partial charge in [-0.15, -0.1) is 0 Å². The van der Waals surface area contributed by atoms with Gasteiger partial charge in [0.15, 0.2) is 0 Å². The van der Waals surface area contributed by atoms with E-state index in [4.69, 9.17) is 17.3 Å². The van der Waals surface area contributed by atoms with Crippen molar-refractivity contribution in [2.45, 2.75) is 0 Å². The highest BCUT2D eigenvalue weighted by atomic mass is 79.9. The van der Waals surface area contributed by atoms with E-state index in [0.29, 0.717) is 11.0 Å². The van der Waals surface area contributed by atoms with Crippen molar-refractivity contribution in [1.82, 2.24) is 9.55 Å². The van der Waals surface area contributed by atoms with Crippen LogP contribution in [0.1, 0.15) is 0 Å². The lowest BCUT2D eigenvalue weighted by molar-refractivity contribution is 1.11. The molecule has 0 bridgehead atoms. The second-order valence-corrected chi connectivity index (χ2v) is 6.27. The Kier molecular flexibility index (Phi) is 3.28. The Labute approximate surface area is 131 Å². The van der Waals surface area contributed by atoms with E-state index in [0.717, 1.165) is 25.7 Å². The van der Waals surface area contributed by atoms with E-state index in [2.05, 4.69) is 36.8 Å². The second-order valence-electron chi connectivity index (χ2n) is 4.03. The van der Waals surface area contributed by atoms with Crippen molar-refractivity contribution in [2.24, 2.45) is 0 Å². The first-order valence-electron chi connectivity index (χ1n) is 5.45. The normalized spacial score (nSPS) is 11.1. The Balaban J connectivity index is 2.36. The molecule has 0 saturated carbocycles. The number of nitrogens with two attached hydrogens (primary N) is 1. The number of halogens is 3. The van der Waals surface area contributed by atoms with Gasteiger partial charge in [-0.3, -0.25) is 4.57 Å². The van der Waals surface area contributed by atoms with Crippen LogP contribution in [0.4, 0.5) is 5.95 Å². The molecule has 2 aromatic carbocycles. The van der Waals surface area contributed by atoms with Crippen molar-refractivity contribution < 1.29 is 0 Å². The monoisotopic (exact) mass is 399 g/mol. The van der Waals surface area contributed by atoms with E-state index >= 15 is 0 Å². The lowest BCUT2D eigenvalue weighted by atomic mass is 10.3. The molecule has 0 saturated heterocycles. The Morgan fingerprint density at radius 2 is 1.74 bits per heavy atom. The number of fused-ring (bicyclic) bond motifs is 1. The molecule has 1 aromatic heterocycles. The maximum absolute atomic E-state index is 6.26. The van der Waals surface area contributed by atoms with Gasteiger partial charge in [0.1, 0.15) is 0 Å². The van der Waals surface area contributed by atoms with E-state index < -0.39 is 0 Å². The third kappa shape index (κ3) is 2.26. The molecule has 0 aliphatic carbocycles. The summed E-state index contributed by atoms with van der Waals surface area (Å²) >= 11 is 13.1. The molecule has 0 unspecified atom stereocenters. The summed E-state index contributed by atoms with van der Waals surface area (Å²) in [4.78, 5) is 4.36. The van der Waals surface area contributed by atoms with Crippen LogP contribution in [0.5, 0.6) is 0 Å². The Hall–Kier alpha value is -1.04. The van der Waals surface area contributed by atoms with E-state index in [1.165, 1.54) is 0 Å². The van der Waals surface area contributed by atoms with Crippen LogP contribution < -0.4 is 5.73 Å². The lowest BCUT2D eigenvalue weighted by Gasteiger charge is -2.09. The molecule has 6 heteroatoms. The number of aromatic nitrogens is 2. The predicted molar refractivity (Wildman–Crippen MR) is 85.9 cm³/mol. The first kappa shape index (κ1) is 13.0. The summed E-state index contributed by atoms with van der Waals surface area (Å²) in [7, 11) is 0. The molecule has 0 amide bonds. The number of anilines is 1. The maximum atomic E-state index is 6.26. The van der Waals surface area contributed by atoms with Crippen LogP contribution in [0.3, 0.4) is 0 Å². The molecule has 0 atom stereocenters. The summed E-state index contributed by atoms with van der Waals surface area (Å²) in [6.07, 6.45) is 0. The van der Waals surface area contributed by atoms with E-state index in [1.807, 2.05) is 41.0 Å². The van der Waals surface area contributed by atoms with Gasteiger partial charge < -0.3 is 5.73 Å². The minimum atomic E-state index is 0.410. The molecule has 19 heavy (non-hydrogen) atoms. The molecule has 0 aliphatic heterocycles. The molecular weight excluding hydrogens is 393 g/mol. The fraction of sp³-hybridized carbons (Fsp3) is 0. The van der Waals surface area contributed by atoms with Crippen LogP contribution >= 0.6 is 43.5 Å². The van der Waals surface area contributed by atoms with Gasteiger partial charge in [0.05, 0.1) is 21.7 Å². The van der Waals surface area contributed by atoms with Gasteiger partial charge in [0.25, 0.3) is 0 Å². The topological polar surface area (TPSA) is 43.8 Å². The number of hydrogen-bond donors (Lipinski definition) is 1. The zero-order chi connectivity index (χ0) is 13.6. The number of imidazole rings is 1. The van der Waals surface area contributed by atoms with Crippen molar-refractivity contribution in [3.63, 3.8) is 0 Å². The fourth-order valence-electron chi connectivity index (χ4n) is 1.98. The van der Waals surface area contributed by atoms with E-state index in [9.17, 15) is 0 Å². The van der Waals surface area contributed by atoms with Crippen LogP contribution in [-0.4, -0.2) is 9.55 Å². The minimum Gasteiger partial charge on any atom is -0.369 e. The molecule has 0 fully saturated rings. The van der Waals surface area contributed by atoms with Crippen molar-refractivity contribution in [2.75, 3.05) is 5.73 Å². The highest BCUT2D eigenvalue weighted by Gasteiger charge is 2.13. The lowest BCUT2D eigenvalue weighted by Crippen LogP contribution is -2.01. The Bertz CT molecular complexity index is 783. The third-order valence-electron chi connectivity index (χ3n) is 2.79. The van der Waals surface area contributed by atoms with Gasteiger partial charge in [-0.25, -0.2) is 4.98 Å². The van der Waals surface area contributed by atoms with Crippen LogP contribution in [0.15, 0.2) is 45.3 Å². The highest BCUT2D eigenvalue weighted by molar-refractivity contribution is 9.10. The number of benzene rings is 2. The molecule has 1 heterocycles. The molecule has 0 spiro atoms. The zero-order valence-electron chi connectivity index (χ0n) is 9.57. The number of nitrogens with zero attached hydrogens (tertiary/aromatic N) is 2. The fourth-order valence-corrected chi connectivity index (χ4v) is 2.88. The molecule has 2 N–H and O–H groups in total. The highest BCUT2D eigenvalue weighted by Crippen LogP contribution is 2.31. The Morgan fingerprint density at radius 3 is 2.53 bits per heavy atom. The van der Waals surface area contributed by atoms with Crippen LogP contribution in [0.25, 0.3) is 16.7 Å². The van der Waals surface area contributed by atoms with Crippen LogP contribution in [0, 0.1) is 0 Å². The second kappa shape index (κ2) is 4.81. The quantitative estimate of drug-likeness (QED) is 0.637. The van der Waals surface area contributed by atoms with Crippen LogP contribution in [-0.2, 0) is 0 Å². The van der Waals surface area contributed by atoms with Crippen LogP contribution in [0.2, 0.25) is 5.02 Å². The molecule has 3 aromatic rings. The van der Waals surface area contributed by atoms with Gasteiger partial charge in [0, 0.05) is 8.95 Å². The third-order valence-corrected chi connectivity index (χ3v) is 4.10. The van der Waals surface area contributed by atoms with E-state index in [-0.39, 0.29) is 0 Å². The summed E-state index contributed by atoms with van der Waals surface area (Å²) in [5.74, 6) is 0.410. The number of nitrogen functional groups attached to an aromatic ring is 1. The summed E-state index contributed by atoms with van der Waals surface area (Å²) in [5.41, 5.74) is 8.56. The average molecular weight is 401 g/mol. The van der Waals surface area contributed by atoms with Gasteiger partial charge in [-0.05, 0) is 36.4 Å². The zero-order valence-corrected chi connectivity index (χ0v) is 13.5. The maximum Gasteiger partial charge on any atom is 0.205 e. The number of hydrogen-bond acceptors (Lipinski definition) is 2. The van der Waals surface area contributed by atoms with Gasteiger partial charge in [-0.2, -0.15) is 0 Å². The summed E-state index contributed by atoms with van der Waals surface area (Å²) in [6, 6.07) is 11.5. The molecule has 0 radical (unpaired) electrons. The molecule has 3 nitrogen and oxygen atoms in total.